The van der Waals surface area contributed by atoms with Crippen molar-refractivity contribution in [3.8, 4) is 11.8 Å². The number of oxime groups is 1. The van der Waals surface area contributed by atoms with E-state index < -0.39 is 5.91 Å². The standard InChI is InChI=1S/C48H52BrClN6O7/c1-4-8-43(55-48(60)36(30-51)28-39-9-5-12-47(49)54-39)34-13-20-41(21-14-34)62-26-23-52-63-31-40(58)10-6-24-61-25-7-11-46(59)35-15-22-45-42(29-35)44(27-32(2)56(45)33(3)57)53-38-18-16-37(50)17-19-38/h5,9,12-23,28-29,32,43-44,53H,4,6-8,10-11,24-27,31H2,1-3H3,(H,55,60)/b36-28+,52-23?/t32-,43?,44+/m0/s1. The number of hydrogen-bond donors (Lipinski definition) is 2. The normalized spacial score (nSPS) is 15.2. The molecule has 13 nitrogen and oxygen atoms in total. The number of ether oxygens (including phenoxy) is 2. The van der Waals surface area contributed by atoms with Crippen molar-refractivity contribution in [1.82, 2.24) is 10.3 Å². The summed E-state index contributed by atoms with van der Waals surface area (Å²) in [7, 11) is 0. The number of pyridine rings is 1. The summed E-state index contributed by atoms with van der Waals surface area (Å²) < 4.78 is 12.0. The predicted octanol–water partition coefficient (Wildman–Crippen LogP) is 9.77. The summed E-state index contributed by atoms with van der Waals surface area (Å²) in [6.07, 6.45) is 6.65. The molecule has 1 aromatic heterocycles. The van der Waals surface area contributed by atoms with Crippen LogP contribution in [0.2, 0.25) is 5.02 Å². The van der Waals surface area contributed by atoms with E-state index in [4.69, 9.17) is 25.9 Å². The Morgan fingerprint density at radius 2 is 1.78 bits per heavy atom. The third-order valence-corrected chi connectivity index (χ3v) is 10.9. The predicted molar refractivity (Wildman–Crippen MR) is 248 cm³/mol. The second-order valence-electron chi connectivity index (χ2n) is 15.0. The zero-order chi connectivity index (χ0) is 45.1. The lowest BCUT2D eigenvalue weighted by atomic mass is 9.89. The smallest absolute Gasteiger partial charge is 0.262 e. The van der Waals surface area contributed by atoms with Crippen LogP contribution in [0.15, 0.2) is 100 Å². The minimum absolute atomic E-state index is 0.00836. The van der Waals surface area contributed by atoms with Crippen LogP contribution < -0.4 is 20.3 Å². The number of nitrogens with one attached hydrogen (secondary N) is 2. The molecule has 4 aromatic rings. The van der Waals surface area contributed by atoms with Crippen LogP contribution >= 0.6 is 27.5 Å². The molecule has 2 heterocycles. The van der Waals surface area contributed by atoms with Crippen LogP contribution in [0.1, 0.15) is 105 Å². The van der Waals surface area contributed by atoms with E-state index in [1.54, 1.807) is 48.2 Å². The second kappa shape index (κ2) is 24.7. The number of benzene rings is 3. The zero-order valence-corrected chi connectivity index (χ0v) is 38.0. The van der Waals surface area contributed by atoms with Gasteiger partial charge in [-0.15, -0.1) is 0 Å². The van der Waals surface area contributed by atoms with Crippen molar-refractivity contribution in [1.29, 1.82) is 5.26 Å². The summed E-state index contributed by atoms with van der Waals surface area (Å²) in [5, 5.41) is 20.6. The molecule has 1 aliphatic heterocycles. The van der Waals surface area contributed by atoms with E-state index in [-0.39, 0.29) is 60.8 Å². The van der Waals surface area contributed by atoms with Gasteiger partial charge < -0.3 is 29.8 Å². The average Bonchev–Trinajstić information content (AvgIpc) is 3.26. The fourth-order valence-corrected chi connectivity index (χ4v) is 7.68. The van der Waals surface area contributed by atoms with Crippen LogP contribution in [0, 0.1) is 11.3 Å². The van der Waals surface area contributed by atoms with E-state index in [0.717, 1.165) is 28.9 Å². The highest BCUT2D eigenvalue weighted by atomic mass is 79.9. The van der Waals surface area contributed by atoms with Gasteiger partial charge in [0.25, 0.3) is 5.91 Å². The van der Waals surface area contributed by atoms with E-state index in [0.29, 0.717) is 72.0 Å². The average molecular weight is 940 g/mol. The van der Waals surface area contributed by atoms with Gasteiger partial charge in [0.2, 0.25) is 5.91 Å². The number of rotatable bonds is 23. The molecule has 0 spiro atoms. The molecular formula is C48H52BrClN6O7. The van der Waals surface area contributed by atoms with E-state index >= 15 is 0 Å². The number of carbonyl (C=O) groups is 4. The maximum atomic E-state index is 13.2. The molecule has 0 radical (unpaired) electrons. The molecule has 5 rings (SSSR count). The third-order valence-electron chi connectivity index (χ3n) is 10.2. The number of ketones is 2. The second-order valence-corrected chi connectivity index (χ2v) is 16.3. The first-order chi connectivity index (χ1) is 30.4. The SMILES string of the molecule is CCCC(NC(=O)/C(C#N)=C/c1cccc(Br)n1)c1ccc(OCC=NOCC(=O)CCCOCCCC(=O)c2ccc3c(c2)[C@H](Nc2ccc(Cl)cc2)C[C@H](C)N3C(C)=O)cc1. The van der Waals surface area contributed by atoms with Crippen molar-refractivity contribution in [2.75, 3.05) is 36.6 Å². The Morgan fingerprint density at radius 3 is 2.48 bits per heavy atom. The van der Waals surface area contributed by atoms with Gasteiger partial charge in [0.1, 0.15) is 28.6 Å². The highest BCUT2D eigenvalue weighted by Gasteiger charge is 2.33. The molecule has 0 fully saturated rings. The van der Waals surface area contributed by atoms with Gasteiger partial charge >= 0.3 is 0 Å². The fraction of sp³-hybridized carbons (Fsp3) is 0.354. The number of anilines is 2. The molecule has 0 saturated heterocycles. The van der Waals surface area contributed by atoms with Crippen molar-refractivity contribution >= 4 is 74.6 Å². The summed E-state index contributed by atoms with van der Waals surface area (Å²) in [6.45, 7) is 6.30. The lowest BCUT2D eigenvalue weighted by Gasteiger charge is -2.39. The van der Waals surface area contributed by atoms with Gasteiger partial charge in [0, 0.05) is 61.0 Å². The summed E-state index contributed by atoms with van der Waals surface area (Å²) in [4.78, 5) is 62.2. The van der Waals surface area contributed by atoms with Crippen LogP contribution in [-0.4, -0.2) is 67.0 Å². The number of halogens is 2. The van der Waals surface area contributed by atoms with Crippen LogP contribution in [0.3, 0.4) is 0 Å². The van der Waals surface area contributed by atoms with Crippen LogP contribution in [0.4, 0.5) is 11.4 Å². The van der Waals surface area contributed by atoms with Crippen molar-refractivity contribution in [2.45, 2.75) is 83.8 Å². The van der Waals surface area contributed by atoms with Gasteiger partial charge in [0.15, 0.2) is 18.2 Å². The minimum Gasteiger partial charge on any atom is -0.488 e. The van der Waals surface area contributed by atoms with Gasteiger partial charge in [-0.05, 0) is 132 Å². The van der Waals surface area contributed by atoms with Gasteiger partial charge in [-0.1, -0.05) is 48.3 Å². The summed E-state index contributed by atoms with van der Waals surface area (Å²) in [5.74, 6) is -0.0735. The van der Waals surface area contributed by atoms with Gasteiger partial charge in [0.05, 0.1) is 24.0 Å². The Kier molecular flexibility index (Phi) is 18.9. The topological polar surface area (TPSA) is 172 Å². The third kappa shape index (κ3) is 14.9. The Bertz CT molecular complexity index is 2300. The molecule has 330 valence electrons. The van der Waals surface area contributed by atoms with E-state index in [1.165, 1.54) is 12.3 Å². The number of aromatic nitrogens is 1. The van der Waals surface area contributed by atoms with Gasteiger partial charge in [-0.3, -0.25) is 19.2 Å². The van der Waals surface area contributed by atoms with Crippen molar-refractivity contribution in [3.05, 3.63) is 123 Å². The molecule has 3 aromatic carbocycles. The number of fused-ring (bicyclic) bond motifs is 1. The number of Topliss-reactive ketones (excluding diaryl/α,β-unsaturated/α-hetero) is 2. The van der Waals surface area contributed by atoms with E-state index in [1.807, 2.05) is 68.4 Å². The van der Waals surface area contributed by atoms with Gasteiger partial charge in [-0.25, -0.2) is 4.98 Å². The van der Waals surface area contributed by atoms with Crippen LogP contribution in [0.5, 0.6) is 5.75 Å². The Morgan fingerprint density at radius 1 is 1.03 bits per heavy atom. The molecule has 0 bridgehead atoms. The minimum atomic E-state index is -0.483. The highest BCUT2D eigenvalue weighted by Crippen LogP contribution is 2.40. The van der Waals surface area contributed by atoms with Crippen molar-refractivity contribution in [3.63, 3.8) is 0 Å². The molecule has 0 saturated carbocycles. The first-order valence-electron chi connectivity index (χ1n) is 21.0. The molecule has 1 aliphatic rings. The summed E-state index contributed by atoms with van der Waals surface area (Å²) >= 11 is 9.38. The molecule has 0 aliphatic carbocycles. The monoisotopic (exact) mass is 938 g/mol. The van der Waals surface area contributed by atoms with E-state index in [2.05, 4.69) is 36.7 Å². The summed E-state index contributed by atoms with van der Waals surface area (Å²) in [6, 6.07) is 27.1. The molecular weight excluding hydrogens is 888 g/mol. The maximum Gasteiger partial charge on any atom is 0.262 e. The van der Waals surface area contributed by atoms with Crippen molar-refractivity contribution < 1.29 is 33.5 Å². The zero-order valence-electron chi connectivity index (χ0n) is 35.7. The quantitative estimate of drug-likeness (QED) is 0.0139. The molecule has 15 heteroatoms. The number of amides is 2. The van der Waals surface area contributed by atoms with Crippen LogP contribution in [-0.2, 0) is 24.0 Å². The van der Waals surface area contributed by atoms with Gasteiger partial charge in [-0.2, -0.15) is 5.26 Å². The molecule has 3 atom stereocenters. The Balaban J connectivity index is 0.962. The largest absolute Gasteiger partial charge is 0.488 e. The summed E-state index contributed by atoms with van der Waals surface area (Å²) in [5.41, 5.74) is 4.50. The van der Waals surface area contributed by atoms with Crippen LogP contribution in [0.25, 0.3) is 6.08 Å². The molecule has 63 heavy (non-hydrogen) atoms. The van der Waals surface area contributed by atoms with E-state index in [9.17, 15) is 24.4 Å². The first kappa shape index (κ1) is 48.2. The highest BCUT2D eigenvalue weighted by molar-refractivity contribution is 9.10. The molecule has 2 N–H and O–H groups in total. The first-order valence-corrected chi connectivity index (χ1v) is 22.1. The maximum absolute atomic E-state index is 13.2. The molecule has 2 amide bonds. The Hall–Kier alpha value is -5.88. The molecule has 1 unspecified atom stereocenters. The number of nitrogens with zero attached hydrogens (tertiary/aromatic N) is 4. The Labute approximate surface area is 382 Å². The fourth-order valence-electron chi connectivity index (χ4n) is 7.20. The lowest BCUT2D eigenvalue weighted by Crippen LogP contribution is -2.43. The van der Waals surface area contributed by atoms with Crippen molar-refractivity contribution in [2.24, 2.45) is 5.16 Å². The number of hydrogen-bond acceptors (Lipinski definition) is 11. The lowest BCUT2D eigenvalue weighted by molar-refractivity contribution is -0.124. The number of carbonyl (C=O) groups excluding carboxylic acids is 4. The number of nitriles is 1.